The molecule has 0 aromatic carbocycles. The molecule has 0 saturated carbocycles. The predicted octanol–water partition coefficient (Wildman–Crippen LogP) is 13.0. The van der Waals surface area contributed by atoms with Gasteiger partial charge in [-0.3, -0.25) is 0 Å². The maximum atomic E-state index is 2.48. The summed E-state index contributed by atoms with van der Waals surface area (Å²) in [5.41, 5.74) is 0. The number of rotatable bonds is 41. The van der Waals surface area contributed by atoms with E-state index in [9.17, 15) is 0 Å². The third kappa shape index (κ3) is 36.8. The lowest BCUT2D eigenvalue weighted by Crippen LogP contribution is -2.45. The molecule has 0 amide bonds. The van der Waals surface area contributed by atoms with E-state index < -0.39 is 0 Å². The molecule has 4 nitrogen and oxygen atoms in total. The summed E-state index contributed by atoms with van der Waals surface area (Å²) in [5.74, 6) is 0. The van der Waals surface area contributed by atoms with Crippen LogP contribution in [0.4, 0.5) is 0 Å². The van der Waals surface area contributed by atoms with Gasteiger partial charge in [0.1, 0.15) is 0 Å². The largest absolute Gasteiger partial charge is 0.328 e. The van der Waals surface area contributed by atoms with Crippen LogP contribution in [-0.4, -0.2) is 127 Å². The molecule has 0 radical (unpaired) electrons. The molecule has 0 heterocycles. The molecule has 0 rings (SSSR count). The van der Waals surface area contributed by atoms with E-state index in [1.807, 2.05) is 0 Å². The fourth-order valence-electron chi connectivity index (χ4n) is 8.45. The Morgan fingerprint density at radius 1 is 0.173 bits per heavy atom. The Hall–Kier alpha value is -0.160. The molecule has 0 aliphatic rings. The van der Waals surface area contributed by atoms with Crippen molar-refractivity contribution in [2.24, 2.45) is 0 Å². The summed E-state index contributed by atoms with van der Waals surface area (Å²) in [6.45, 7) is 15.4. The maximum absolute atomic E-state index is 2.48. The lowest BCUT2D eigenvalue weighted by Gasteiger charge is -2.34. The second kappa shape index (κ2) is 33.0. The van der Waals surface area contributed by atoms with Crippen molar-refractivity contribution in [3.05, 3.63) is 0 Å². The topological polar surface area (TPSA) is 0 Å². The molecular formula is C48H106N4+4. The van der Waals surface area contributed by atoms with E-state index in [0.29, 0.717) is 0 Å². The van der Waals surface area contributed by atoms with Crippen LogP contribution in [0.15, 0.2) is 0 Å². The van der Waals surface area contributed by atoms with Crippen molar-refractivity contribution in [3.8, 4) is 0 Å². The van der Waals surface area contributed by atoms with Crippen molar-refractivity contribution in [3.63, 3.8) is 0 Å². The maximum Gasteiger partial charge on any atom is 0.0784 e. The third-order valence-electron chi connectivity index (χ3n) is 12.6. The summed E-state index contributed by atoms with van der Waals surface area (Å²) in [4.78, 5) is 0. The number of nitrogens with zero attached hydrogens (tertiary/aromatic N) is 4. The summed E-state index contributed by atoms with van der Waals surface area (Å²) in [7, 11) is 19.8. The van der Waals surface area contributed by atoms with E-state index in [2.05, 4.69) is 70.2 Å². The van der Waals surface area contributed by atoms with Crippen LogP contribution in [0.1, 0.15) is 206 Å². The van der Waals surface area contributed by atoms with Crippen LogP contribution in [0.5, 0.6) is 0 Å². The first-order chi connectivity index (χ1) is 24.7. The van der Waals surface area contributed by atoms with Gasteiger partial charge in [-0.2, -0.15) is 0 Å². The zero-order valence-corrected chi connectivity index (χ0v) is 38.7. The molecule has 4 heteroatoms. The average molecular weight is 739 g/mol. The normalized spacial score (nSPS) is 13.0. The Labute approximate surface area is 332 Å². The zero-order valence-electron chi connectivity index (χ0n) is 38.7. The number of quaternary nitrogens is 4. The lowest BCUT2D eigenvalue weighted by molar-refractivity contribution is -0.900. The molecule has 0 aromatic rings. The van der Waals surface area contributed by atoms with E-state index in [-0.39, 0.29) is 0 Å². The fourth-order valence-corrected chi connectivity index (χ4v) is 8.45. The molecule has 314 valence electrons. The van der Waals surface area contributed by atoms with E-state index in [1.165, 1.54) is 263 Å². The average Bonchev–Trinajstić information content (AvgIpc) is 3.08. The first-order valence-electron chi connectivity index (χ1n) is 24.0. The van der Waals surface area contributed by atoms with Crippen LogP contribution in [0.2, 0.25) is 0 Å². The van der Waals surface area contributed by atoms with Gasteiger partial charge in [-0.15, -0.1) is 0 Å². The Morgan fingerprint density at radius 2 is 0.288 bits per heavy atom. The summed E-state index contributed by atoms with van der Waals surface area (Å²) >= 11 is 0. The minimum absolute atomic E-state index is 1.20. The summed E-state index contributed by atoms with van der Waals surface area (Å²) in [5, 5.41) is 0. The Bertz CT molecular complexity index is 681. The van der Waals surface area contributed by atoms with Gasteiger partial charge < -0.3 is 17.9 Å². The van der Waals surface area contributed by atoms with Crippen LogP contribution >= 0.6 is 0 Å². The van der Waals surface area contributed by atoms with E-state index in [0.717, 1.165) is 0 Å². The van der Waals surface area contributed by atoms with Crippen molar-refractivity contribution >= 4 is 0 Å². The Morgan fingerprint density at radius 3 is 0.442 bits per heavy atom. The Balaban J connectivity index is 3.83. The van der Waals surface area contributed by atoms with Crippen molar-refractivity contribution in [2.75, 3.05) is 109 Å². The van der Waals surface area contributed by atoms with Crippen LogP contribution < -0.4 is 0 Å². The molecule has 0 spiro atoms. The quantitative estimate of drug-likeness (QED) is 0.0433. The van der Waals surface area contributed by atoms with Crippen LogP contribution in [0, 0.1) is 0 Å². The third-order valence-corrected chi connectivity index (χ3v) is 12.6. The second-order valence-electron chi connectivity index (χ2n) is 20.4. The van der Waals surface area contributed by atoms with Gasteiger partial charge in [-0.1, -0.05) is 142 Å². The lowest BCUT2D eigenvalue weighted by atomic mass is 10.1. The molecule has 0 unspecified atom stereocenters. The predicted molar refractivity (Wildman–Crippen MR) is 237 cm³/mol. The van der Waals surface area contributed by atoms with Gasteiger partial charge in [0.15, 0.2) is 0 Å². The van der Waals surface area contributed by atoms with Gasteiger partial charge in [0.2, 0.25) is 0 Å². The zero-order chi connectivity index (χ0) is 38.9. The van der Waals surface area contributed by atoms with Crippen LogP contribution in [0.25, 0.3) is 0 Å². The number of hydrogen-bond donors (Lipinski definition) is 0. The number of hydrogen-bond acceptors (Lipinski definition) is 0. The molecular weight excluding hydrogens is 633 g/mol. The highest BCUT2D eigenvalue weighted by atomic mass is 15.3. The van der Waals surface area contributed by atoms with Gasteiger partial charge in [-0.25, -0.2) is 0 Å². The fraction of sp³-hybridized carbons (Fsp3) is 1.00. The molecule has 0 atom stereocenters. The van der Waals surface area contributed by atoms with Gasteiger partial charge in [0, 0.05) is 38.5 Å². The highest BCUT2D eigenvalue weighted by molar-refractivity contribution is 4.52. The monoisotopic (exact) mass is 739 g/mol. The highest BCUT2D eigenvalue weighted by Gasteiger charge is 2.20. The number of unbranched alkanes of at least 4 members (excludes halogenated alkanes) is 25. The minimum atomic E-state index is 1.20. The van der Waals surface area contributed by atoms with Crippen molar-refractivity contribution in [1.82, 2.24) is 0 Å². The first kappa shape index (κ1) is 51.8. The van der Waals surface area contributed by atoms with Crippen LogP contribution in [0.3, 0.4) is 0 Å². The van der Waals surface area contributed by atoms with Crippen molar-refractivity contribution in [2.45, 2.75) is 206 Å². The summed E-state index contributed by atoms with van der Waals surface area (Å²) < 4.78 is 4.83. The molecule has 52 heavy (non-hydrogen) atoms. The van der Waals surface area contributed by atoms with Crippen molar-refractivity contribution in [1.29, 1.82) is 0 Å². The first-order valence-corrected chi connectivity index (χ1v) is 24.0. The second-order valence-corrected chi connectivity index (χ2v) is 20.4. The minimum Gasteiger partial charge on any atom is -0.328 e. The van der Waals surface area contributed by atoms with Gasteiger partial charge >= 0.3 is 0 Å². The smallest absolute Gasteiger partial charge is 0.0784 e. The molecule has 0 fully saturated rings. The molecule has 0 saturated heterocycles. The molecule has 0 N–H and O–H groups in total. The molecule has 0 aliphatic carbocycles. The summed E-state index contributed by atoms with van der Waals surface area (Å²) in [6, 6.07) is 0. The highest BCUT2D eigenvalue weighted by Crippen LogP contribution is 2.16. The van der Waals surface area contributed by atoms with E-state index in [4.69, 9.17) is 0 Å². The van der Waals surface area contributed by atoms with E-state index >= 15 is 0 Å². The van der Waals surface area contributed by atoms with Gasteiger partial charge in [0.05, 0.1) is 109 Å². The SMILES string of the molecule is CCCCCCCCCCCCCC[N+](C)(C)CCCC[N+](C)(C)CCCC[N+](C)(C)CCCC[N+](C)(C)CCCCCCCCCCCCCC. The molecule has 0 aromatic heterocycles. The van der Waals surface area contributed by atoms with Crippen molar-refractivity contribution < 1.29 is 17.9 Å². The molecule has 0 aliphatic heterocycles. The van der Waals surface area contributed by atoms with Gasteiger partial charge in [-0.05, 0) is 25.7 Å². The van der Waals surface area contributed by atoms with Crippen LogP contribution in [-0.2, 0) is 0 Å². The summed E-state index contributed by atoms with van der Waals surface area (Å²) in [6.07, 6.45) is 43.0. The Kier molecular flexibility index (Phi) is 32.9. The van der Waals surface area contributed by atoms with E-state index in [1.54, 1.807) is 0 Å². The standard InChI is InChI=1S/C48H106N4/c1-11-13-15-17-19-21-23-25-27-29-31-33-41-49(3,4)43-35-37-45-51(7,8)47-39-40-48-52(9,10)46-38-36-44-50(5,6)42-34-32-30-28-26-24-22-20-18-16-14-12-2/h11-48H2,1-10H3/q+4. The molecule has 0 bridgehead atoms. The van der Waals surface area contributed by atoms with Gasteiger partial charge in [0.25, 0.3) is 0 Å².